The summed E-state index contributed by atoms with van der Waals surface area (Å²) in [6, 6.07) is 0.565. The minimum absolute atomic E-state index is 0.565. The number of hydrogen-bond donors (Lipinski definition) is 3. The first-order valence-electron chi connectivity index (χ1n) is 6.47. The molecule has 0 bridgehead atoms. The molecule has 1 atom stereocenters. The number of aromatic amines is 1. The van der Waals surface area contributed by atoms with Crippen LogP contribution in [0.15, 0.2) is 0 Å². The first kappa shape index (κ1) is 10.1. The molecule has 0 amide bonds. The Morgan fingerprint density at radius 2 is 2.12 bits per heavy atom. The van der Waals surface area contributed by atoms with E-state index >= 15 is 0 Å². The highest BCUT2D eigenvalue weighted by Gasteiger charge is 2.20. The van der Waals surface area contributed by atoms with E-state index in [9.17, 15) is 0 Å². The molecular formula is C12H20N4. The minimum Gasteiger partial charge on any atom is -0.364 e. The number of H-pyrrole nitrogens is 1. The Hall–Kier alpha value is -1.03. The summed E-state index contributed by atoms with van der Waals surface area (Å²) in [6.07, 6.45) is 7.54. The van der Waals surface area contributed by atoms with Crippen molar-refractivity contribution in [3.63, 3.8) is 0 Å². The zero-order valence-corrected chi connectivity index (χ0v) is 9.68. The molecule has 2 heterocycles. The van der Waals surface area contributed by atoms with Crippen LogP contribution in [0.5, 0.6) is 0 Å². The van der Waals surface area contributed by atoms with Crippen molar-refractivity contribution in [3.8, 4) is 0 Å². The zero-order chi connectivity index (χ0) is 10.8. The first-order valence-corrected chi connectivity index (χ1v) is 6.47. The normalized spacial score (nSPS) is 25.1. The second kappa shape index (κ2) is 4.45. The van der Waals surface area contributed by atoms with Crippen LogP contribution >= 0.6 is 0 Å². The molecule has 3 N–H and O–H groups in total. The Morgan fingerprint density at radius 1 is 1.19 bits per heavy atom. The summed E-state index contributed by atoms with van der Waals surface area (Å²) in [5.74, 6) is 1.12. The van der Waals surface area contributed by atoms with Crippen molar-refractivity contribution in [2.24, 2.45) is 0 Å². The lowest BCUT2D eigenvalue weighted by atomic mass is 10.1. The number of hydrogen-bond acceptors (Lipinski definition) is 3. The summed E-state index contributed by atoms with van der Waals surface area (Å²) in [6.45, 7) is 2.20. The van der Waals surface area contributed by atoms with Gasteiger partial charge in [0.15, 0.2) is 5.82 Å². The third kappa shape index (κ3) is 1.94. The van der Waals surface area contributed by atoms with E-state index in [-0.39, 0.29) is 0 Å². The molecule has 4 heteroatoms. The van der Waals surface area contributed by atoms with Crippen molar-refractivity contribution >= 4 is 5.82 Å². The SMILES string of the molecule is C1CCc2[nH]nc(NC3CCNC3)c2CC1. The van der Waals surface area contributed by atoms with Gasteiger partial charge in [0.25, 0.3) is 0 Å². The topological polar surface area (TPSA) is 52.7 Å². The molecular weight excluding hydrogens is 200 g/mol. The van der Waals surface area contributed by atoms with Gasteiger partial charge in [-0.25, -0.2) is 0 Å². The molecule has 4 nitrogen and oxygen atoms in total. The molecule has 1 fully saturated rings. The summed E-state index contributed by atoms with van der Waals surface area (Å²) in [7, 11) is 0. The van der Waals surface area contributed by atoms with Gasteiger partial charge in [-0.2, -0.15) is 5.10 Å². The quantitative estimate of drug-likeness (QED) is 0.661. The molecule has 1 unspecified atom stereocenters. The Bertz CT molecular complexity index is 352. The van der Waals surface area contributed by atoms with Crippen LogP contribution < -0.4 is 10.6 Å². The highest BCUT2D eigenvalue weighted by atomic mass is 15.2. The molecule has 1 aliphatic carbocycles. The number of nitrogens with one attached hydrogen (secondary N) is 3. The number of aromatic nitrogens is 2. The third-order valence-corrected chi connectivity index (χ3v) is 3.71. The van der Waals surface area contributed by atoms with Gasteiger partial charge in [-0.1, -0.05) is 6.42 Å². The molecule has 0 saturated carbocycles. The number of aryl methyl sites for hydroxylation is 1. The lowest BCUT2D eigenvalue weighted by Gasteiger charge is -2.11. The molecule has 1 saturated heterocycles. The predicted octanol–water partition coefficient (Wildman–Crippen LogP) is 1.45. The van der Waals surface area contributed by atoms with Crippen molar-refractivity contribution in [2.45, 2.75) is 44.6 Å². The van der Waals surface area contributed by atoms with Crippen molar-refractivity contribution in [1.29, 1.82) is 0 Å². The Kier molecular flexibility index (Phi) is 2.82. The van der Waals surface area contributed by atoms with Gasteiger partial charge in [0.05, 0.1) is 0 Å². The van der Waals surface area contributed by atoms with E-state index in [2.05, 4.69) is 20.8 Å². The van der Waals surface area contributed by atoms with Gasteiger partial charge in [-0.15, -0.1) is 0 Å². The summed E-state index contributed by atoms with van der Waals surface area (Å²) in [5, 5.41) is 14.6. The van der Waals surface area contributed by atoms with Gasteiger partial charge >= 0.3 is 0 Å². The standard InChI is InChI=1S/C12H20N4/c1-2-4-10-11(5-3-1)15-16-12(10)14-9-6-7-13-8-9/h9,13H,1-8H2,(H2,14,15,16). The fourth-order valence-corrected chi connectivity index (χ4v) is 2.75. The number of rotatable bonds is 2. The zero-order valence-electron chi connectivity index (χ0n) is 9.68. The van der Waals surface area contributed by atoms with Gasteiger partial charge < -0.3 is 10.6 Å². The molecule has 0 radical (unpaired) electrons. The van der Waals surface area contributed by atoms with Gasteiger partial charge in [0, 0.05) is 23.8 Å². The minimum atomic E-state index is 0.565. The summed E-state index contributed by atoms with van der Waals surface area (Å²) < 4.78 is 0. The van der Waals surface area contributed by atoms with Crippen LogP contribution in [-0.2, 0) is 12.8 Å². The van der Waals surface area contributed by atoms with Gasteiger partial charge in [-0.05, 0) is 38.6 Å². The van der Waals surface area contributed by atoms with Crippen molar-refractivity contribution in [3.05, 3.63) is 11.3 Å². The molecule has 1 aromatic heterocycles. The molecule has 1 aromatic rings. The highest BCUT2D eigenvalue weighted by Crippen LogP contribution is 2.25. The molecule has 1 aliphatic heterocycles. The fourth-order valence-electron chi connectivity index (χ4n) is 2.75. The molecule has 2 aliphatic rings. The summed E-state index contributed by atoms with van der Waals surface area (Å²) in [5.41, 5.74) is 2.82. The van der Waals surface area contributed by atoms with Crippen molar-refractivity contribution in [1.82, 2.24) is 15.5 Å². The van der Waals surface area contributed by atoms with Crippen LogP contribution in [0.4, 0.5) is 5.82 Å². The lowest BCUT2D eigenvalue weighted by Crippen LogP contribution is -2.22. The molecule has 0 aromatic carbocycles. The second-order valence-corrected chi connectivity index (χ2v) is 4.92. The monoisotopic (exact) mass is 220 g/mol. The van der Waals surface area contributed by atoms with E-state index in [1.807, 2.05) is 0 Å². The number of anilines is 1. The number of fused-ring (bicyclic) bond motifs is 1. The summed E-state index contributed by atoms with van der Waals surface area (Å²) in [4.78, 5) is 0. The Labute approximate surface area is 96.2 Å². The van der Waals surface area contributed by atoms with Crippen LogP contribution in [-0.4, -0.2) is 29.3 Å². The van der Waals surface area contributed by atoms with Crippen LogP contribution in [0, 0.1) is 0 Å². The fraction of sp³-hybridized carbons (Fsp3) is 0.750. The molecule has 0 spiro atoms. The maximum absolute atomic E-state index is 4.44. The third-order valence-electron chi connectivity index (χ3n) is 3.71. The average molecular weight is 220 g/mol. The maximum Gasteiger partial charge on any atom is 0.151 e. The molecule has 16 heavy (non-hydrogen) atoms. The van der Waals surface area contributed by atoms with Gasteiger partial charge in [0.1, 0.15) is 0 Å². The first-order chi connectivity index (χ1) is 7.93. The predicted molar refractivity (Wildman–Crippen MR) is 64.7 cm³/mol. The maximum atomic E-state index is 4.44. The average Bonchev–Trinajstić information content (AvgIpc) is 2.86. The molecule has 88 valence electrons. The van der Waals surface area contributed by atoms with E-state index in [4.69, 9.17) is 0 Å². The molecule has 3 rings (SSSR count). The Balaban J connectivity index is 1.76. The van der Waals surface area contributed by atoms with Crippen molar-refractivity contribution in [2.75, 3.05) is 18.4 Å². The van der Waals surface area contributed by atoms with Crippen LogP contribution in [0.3, 0.4) is 0 Å². The van der Waals surface area contributed by atoms with E-state index < -0.39 is 0 Å². The van der Waals surface area contributed by atoms with Crippen LogP contribution in [0.25, 0.3) is 0 Å². The second-order valence-electron chi connectivity index (χ2n) is 4.92. The lowest BCUT2D eigenvalue weighted by molar-refractivity contribution is 0.701. The smallest absolute Gasteiger partial charge is 0.151 e. The van der Waals surface area contributed by atoms with Gasteiger partial charge in [0.2, 0.25) is 0 Å². The largest absolute Gasteiger partial charge is 0.364 e. The van der Waals surface area contributed by atoms with E-state index in [1.165, 1.54) is 49.8 Å². The van der Waals surface area contributed by atoms with E-state index in [1.54, 1.807) is 0 Å². The Morgan fingerprint density at radius 3 is 3.00 bits per heavy atom. The van der Waals surface area contributed by atoms with Crippen LogP contribution in [0.1, 0.15) is 36.9 Å². The van der Waals surface area contributed by atoms with Crippen molar-refractivity contribution < 1.29 is 0 Å². The highest BCUT2D eigenvalue weighted by molar-refractivity contribution is 5.48. The van der Waals surface area contributed by atoms with Crippen LogP contribution in [0.2, 0.25) is 0 Å². The summed E-state index contributed by atoms with van der Waals surface area (Å²) >= 11 is 0. The van der Waals surface area contributed by atoms with Gasteiger partial charge in [-0.3, -0.25) is 5.10 Å². The van der Waals surface area contributed by atoms with E-state index in [0.29, 0.717) is 6.04 Å². The van der Waals surface area contributed by atoms with E-state index in [0.717, 1.165) is 18.9 Å². The number of nitrogens with zero attached hydrogens (tertiary/aromatic N) is 1.